The van der Waals surface area contributed by atoms with Crippen molar-refractivity contribution in [1.29, 1.82) is 0 Å². The van der Waals surface area contributed by atoms with Crippen molar-refractivity contribution in [2.24, 2.45) is 11.8 Å². The van der Waals surface area contributed by atoms with Crippen molar-refractivity contribution in [3.8, 4) is 0 Å². The minimum absolute atomic E-state index is 0.449. The van der Waals surface area contributed by atoms with Crippen molar-refractivity contribution < 1.29 is 10.2 Å². The molecule has 0 bridgehead atoms. The van der Waals surface area contributed by atoms with Gasteiger partial charge in [-0.2, -0.15) is 0 Å². The van der Waals surface area contributed by atoms with Crippen LogP contribution in [0.5, 0.6) is 0 Å². The zero-order valence-corrected chi connectivity index (χ0v) is 17.5. The lowest BCUT2D eigenvalue weighted by Gasteiger charge is -2.30. The van der Waals surface area contributed by atoms with Crippen LogP contribution >= 0.6 is 0 Å². The zero-order valence-electron chi connectivity index (χ0n) is 17.5. The Labute approximate surface area is 170 Å². The first-order valence-corrected chi connectivity index (χ1v) is 11.0. The summed E-state index contributed by atoms with van der Waals surface area (Å²) in [5, 5.41) is 21.0. The second-order valence-electron chi connectivity index (χ2n) is 8.99. The Bertz CT molecular complexity index is 630. The Balaban J connectivity index is 0.000000161. The second kappa shape index (κ2) is 9.24. The smallest absolute Gasteiger partial charge is 0.0896 e. The maximum absolute atomic E-state index is 10.5. The highest BCUT2D eigenvalue weighted by Crippen LogP contribution is 2.40. The molecule has 0 radical (unpaired) electrons. The van der Waals surface area contributed by atoms with Gasteiger partial charge in [0.1, 0.15) is 0 Å². The van der Waals surface area contributed by atoms with Gasteiger partial charge in [-0.3, -0.25) is 0 Å². The fourth-order valence-corrected chi connectivity index (χ4v) is 5.00. The number of rotatable bonds is 4. The summed E-state index contributed by atoms with van der Waals surface area (Å²) in [7, 11) is 0. The van der Waals surface area contributed by atoms with Gasteiger partial charge in [-0.25, -0.2) is 0 Å². The van der Waals surface area contributed by atoms with Crippen LogP contribution in [0.2, 0.25) is 0 Å². The van der Waals surface area contributed by atoms with Crippen LogP contribution in [0.1, 0.15) is 76.3 Å². The maximum atomic E-state index is 10.5. The highest BCUT2D eigenvalue weighted by molar-refractivity contribution is 5.23. The van der Waals surface area contributed by atoms with Gasteiger partial charge in [0.25, 0.3) is 0 Å². The van der Waals surface area contributed by atoms with Crippen molar-refractivity contribution >= 4 is 0 Å². The van der Waals surface area contributed by atoms with E-state index in [1.54, 1.807) is 0 Å². The fraction of sp³-hybridized carbons (Fsp3) is 0.538. The molecule has 0 unspecified atom stereocenters. The van der Waals surface area contributed by atoms with Crippen molar-refractivity contribution in [1.82, 2.24) is 0 Å². The maximum Gasteiger partial charge on any atom is 0.0896 e. The fourth-order valence-electron chi connectivity index (χ4n) is 5.00. The predicted molar refractivity (Wildman–Crippen MR) is 116 cm³/mol. The molecule has 2 heteroatoms. The molecule has 2 aromatic carbocycles. The third-order valence-corrected chi connectivity index (χ3v) is 7.02. The van der Waals surface area contributed by atoms with Crippen molar-refractivity contribution in [2.75, 3.05) is 0 Å². The lowest BCUT2D eigenvalue weighted by atomic mass is 9.82. The van der Waals surface area contributed by atoms with E-state index >= 15 is 0 Å². The summed E-state index contributed by atoms with van der Waals surface area (Å²) in [5.74, 6) is 0.898. The van der Waals surface area contributed by atoms with Gasteiger partial charge >= 0.3 is 0 Å². The van der Waals surface area contributed by atoms with Gasteiger partial charge in [0.15, 0.2) is 0 Å². The number of aliphatic hydroxyl groups is 2. The SMILES string of the molecule is C[C@@](O)(c1ccccc1)C1CCCC1.C[C@](O)(c1ccccc1)C1CCCC1. The summed E-state index contributed by atoms with van der Waals surface area (Å²) >= 11 is 0. The largest absolute Gasteiger partial charge is 0.385 e. The molecule has 4 rings (SSSR count). The van der Waals surface area contributed by atoms with Crippen LogP contribution in [-0.4, -0.2) is 10.2 Å². The van der Waals surface area contributed by atoms with E-state index in [4.69, 9.17) is 0 Å². The van der Waals surface area contributed by atoms with Crippen LogP contribution in [0.15, 0.2) is 60.7 Å². The Kier molecular flexibility index (Phi) is 6.95. The standard InChI is InChI=1S/2C13H18O/c2*1-13(14,12-9-5-6-10-12)11-7-3-2-4-8-11/h2*2-4,7-8,12,14H,5-6,9-10H2,1H3/t2*13-/m10/s1. The molecule has 0 heterocycles. The molecule has 28 heavy (non-hydrogen) atoms. The van der Waals surface area contributed by atoms with Gasteiger partial charge in [-0.05, 0) is 62.5 Å². The highest BCUT2D eigenvalue weighted by atomic mass is 16.3. The number of benzene rings is 2. The molecule has 2 nitrogen and oxygen atoms in total. The topological polar surface area (TPSA) is 40.5 Å². The first-order valence-electron chi connectivity index (χ1n) is 11.0. The minimum atomic E-state index is -0.627. The van der Waals surface area contributed by atoms with Crippen molar-refractivity contribution in [3.05, 3.63) is 71.8 Å². The second-order valence-corrected chi connectivity index (χ2v) is 8.99. The molecule has 2 N–H and O–H groups in total. The van der Waals surface area contributed by atoms with Gasteiger partial charge in [0.05, 0.1) is 11.2 Å². The van der Waals surface area contributed by atoms with E-state index in [0.29, 0.717) is 11.8 Å². The van der Waals surface area contributed by atoms with Crippen LogP contribution in [-0.2, 0) is 11.2 Å². The van der Waals surface area contributed by atoms with Gasteiger partial charge in [0.2, 0.25) is 0 Å². The molecule has 0 aromatic heterocycles. The predicted octanol–water partition coefficient (Wildman–Crippen LogP) is 6.17. The Morgan fingerprint density at radius 2 is 0.857 bits per heavy atom. The lowest BCUT2D eigenvalue weighted by Crippen LogP contribution is -2.29. The Morgan fingerprint density at radius 1 is 0.571 bits per heavy atom. The average molecular weight is 381 g/mol. The molecular weight excluding hydrogens is 344 g/mol. The van der Waals surface area contributed by atoms with E-state index in [-0.39, 0.29) is 0 Å². The summed E-state index contributed by atoms with van der Waals surface area (Å²) < 4.78 is 0. The van der Waals surface area contributed by atoms with E-state index in [1.807, 2.05) is 74.5 Å². The number of hydrogen-bond donors (Lipinski definition) is 2. The summed E-state index contributed by atoms with van der Waals surface area (Å²) in [5.41, 5.74) is 0.869. The van der Waals surface area contributed by atoms with Crippen molar-refractivity contribution in [2.45, 2.75) is 76.4 Å². The van der Waals surface area contributed by atoms with E-state index in [2.05, 4.69) is 0 Å². The Morgan fingerprint density at radius 3 is 1.14 bits per heavy atom. The number of hydrogen-bond acceptors (Lipinski definition) is 2. The van der Waals surface area contributed by atoms with Crippen LogP contribution in [0.4, 0.5) is 0 Å². The van der Waals surface area contributed by atoms with E-state index in [9.17, 15) is 10.2 Å². The molecule has 152 valence electrons. The first-order chi connectivity index (χ1) is 13.4. The van der Waals surface area contributed by atoms with E-state index in [1.165, 1.54) is 51.4 Å². The molecule has 2 fully saturated rings. The third-order valence-electron chi connectivity index (χ3n) is 7.02. The summed E-state index contributed by atoms with van der Waals surface area (Å²) in [6, 6.07) is 20.1. The van der Waals surface area contributed by atoms with Crippen molar-refractivity contribution in [3.63, 3.8) is 0 Å². The van der Waals surface area contributed by atoms with E-state index in [0.717, 1.165) is 11.1 Å². The molecule has 0 saturated heterocycles. The van der Waals surface area contributed by atoms with Gasteiger partial charge < -0.3 is 10.2 Å². The monoisotopic (exact) mass is 380 g/mol. The molecule has 0 aliphatic heterocycles. The summed E-state index contributed by atoms with van der Waals surface area (Å²) in [6.45, 7) is 3.91. The summed E-state index contributed by atoms with van der Waals surface area (Å²) in [4.78, 5) is 0. The zero-order chi connectivity index (χ0) is 20.0. The summed E-state index contributed by atoms with van der Waals surface area (Å²) in [6.07, 6.45) is 9.76. The van der Waals surface area contributed by atoms with Gasteiger partial charge in [-0.15, -0.1) is 0 Å². The quantitative estimate of drug-likeness (QED) is 0.666. The molecule has 0 spiro atoms. The van der Waals surface area contributed by atoms with Crippen LogP contribution in [0.25, 0.3) is 0 Å². The molecule has 2 aliphatic rings. The third kappa shape index (κ3) is 4.85. The average Bonchev–Trinajstić information content (AvgIpc) is 3.44. The van der Waals surface area contributed by atoms with Gasteiger partial charge in [-0.1, -0.05) is 86.3 Å². The van der Waals surface area contributed by atoms with Gasteiger partial charge in [0, 0.05) is 0 Å². The normalized spacial score (nSPS) is 22.1. The molecule has 2 aromatic rings. The Hall–Kier alpha value is -1.64. The molecule has 2 atom stereocenters. The molecule has 2 aliphatic carbocycles. The minimum Gasteiger partial charge on any atom is -0.385 e. The molecule has 2 saturated carbocycles. The highest BCUT2D eigenvalue weighted by Gasteiger charge is 2.36. The lowest BCUT2D eigenvalue weighted by molar-refractivity contribution is -0.00363. The van der Waals surface area contributed by atoms with Crippen LogP contribution < -0.4 is 0 Å². The molecule has 0 amide bonds. The van der Waals surface area contributed by atoms with Crippen LogP contribution in [0, 0.1) is 11.8 Å². The first kappa shape index (κ1) is 21.1. The molecular formula is C26H36O2. The van der Waals surface area contributed by atoms with Crippen LogP contribution in [0.3, 0.4) is 0 Å². The van der Waals surface area contributed by atoms with E-state index < -0.39 is 11.2 Å².